The van der Waals surface area contributed by atoms with Crippen LogP contribution in [-0.2, 0) is 6.54 Å². The van der Waals surface area contributed by atoms with Crippen molar-refractivity contribution >= 4 is 34.1 Å². The van der Waals surface area contributed by atoms with Crippen molar-refractivity contribution in [3.8, 4) is 5.75 Å². The first-order chi connectivity index (χ1) is 13.3. The van der Waals surface area contributed by atoms with Gasteiger partial charge in [-0.1, -0.05) is 17.7 Å². The molecular formula is C17H15ClF3N5O2. The number of nitrogens with one attached hydrogen (secondary N) is 2. The van der Waals surface area contributed by atoms with Crippen LogP contribution in [0.4, 0.5) is 18.9 Å². The monoisotopic (exact) mass is 413 g/mol. The summed E-state index contributed by atoms with van der Waals surface area (Å²) in [5.74, 6) is 10.7. The largest absolute Gasteiger partial charge is 0.573 e. The molecule has 0 saturated heterocycles. The average molecular weight is 414 g/mol. The Bertz CT molecular complexity index is 1020. The maximum atomic E-state index is 12.4. The number of rotatable bonds is 5. The van der Waals surface area contributed by atoms with Crippen LogP contribution >= 0.6 is 11.6 Å². The fourth-order valence-electron chi connectivity index (χ4n) is 2.55. The first-order valence-corrected chi connectivity index (χ1v) is 8.23. The molecule has 0 spiro atoms. The summed E-state index contributed by atoms with van der Waals surface area (Å²) in [7, 11) is 0. The molecule has 0 aliphatic heterocycles. The van der Waals surface area contributed by atoms with Crippen molar-refractivity contribution in [3.63, 3.8) is 0 Å². The van der Waals surface area contributed by atoms with E-state index >= 15 is 0 Å². The third kappa shape index (κ3) is 4.78. The molecule has 7 nitrogen and oxygen atoms in total. The minimum atomic E-state index is -4.80. The van der Waals surface area contributed by atoms with Crippen LogP contribution in [-0.4, -0.2) is 12.2 Å². The number of ether oxygens (including phenoxy) is 1. The minimum Gasteiger partial charge on any atom is -0.453 e. The van der Waals surface area contributed by atoms with Crippen LogP contribution in [0.3, 0.4) is 0 Å². The fourth-order valence-corrected chi connectivity index (χ4v) is 2.78. The van der Waals surface area contributed by atoms with Gasteiger partial charge in [-0.2, -0.15) is 5.10 Å². The lowest BCUT2D eigenvalue weighted by Gasteiger charge is -2.12. The molecule has 0 fully saturated rings. The SMILES string of the molecule is N/N=C(\NN)c1cc2cc(CNc3cc(Cl)cc(OC(F)(F)F)c3)ccc2o1. The standard InChI is InChI=1S/C17H15ClF3N5O2/c18-11-5-12(7-13(6-11)28-17(19,20)21)24-8-9-1-2-14-10(3-9)4-15(27-14)16(25-22)26-23/h1-7,24H,8,22-23H2,(H,25,26). The van der Waals surface area contributed by atoms with Gasteiger partial charge < -0.3 is 25.7 Å². The number of benzene rings is 2. The summed E-state index contributed by atoms with van der Waals surface area (Å²) < 4.78 is 46.7. The van der Waals surface area contributed by atoms with E-state index in [-0.39, 0.29) is 10.9 Å². The van der Waals surface area contributed by atoms with Crippen molar-refractivity contribution in [3.05, 3.63) is 58.8 Å². The van der Waals surface area contributed by atoms with Gasteiger partial charge in [0.2, 0.25) is 5.84 Å². The highest BCUT2D eigenvalue weighted by Crippen LogP contribution is 2.29. The summed E-state index contributed by atoms with van der Waals surface area (Å²) in [6.07, 6.45) is -4.80. The minimum absolute atomic E-state index is 0.113. The normalized spacial score (nSPS) is 12.2. The molecule has 2 aromatic carbocycles. The van der Waals surface area contributed by atoms with E-state index in [1.54, 1.807) is 18.2 Å². The molecule has 6 N–H and O–H groups in total. The number of halogens is 4. The zero-order valence-corrected chi connectivity index (χ0v) is 14.9. The highest BCUT2D eigenvalue weighted by atomic mass is 35.5. The van der Waals surface area contributed by atoms with Gasteiger partial charge in [-0.3, -0.25) is 0 Å². The molecule has 0 aliphatic carbocycles. The first kappa shape index (κ1) is 19.6. The summed E-state index contributed by atoms with van der Waals surface area (Å²) in [6.45, 7) is 0.329. The third-order valence-corrected chi connectivity index (χ3v) is 3.90. The van der Waals surface area contributed by atoms with E-state index in [0.717, 1.165) is 17.0 Å². The number of furan rings is 1. The lowest BCUT2D eigenvalue weighted by Crippen LogP contribution is -2.31. The fraction of sp³-hybridized carbons (Fsp3) is 0.118. The van der Waals surface area contributed by atoms with Crippen molar-refractivity contribution in [2.45, 2.75) is 12.9 Å². The zero-order valence-electron chi connectivity index (χ0n) is 14.2. The van der Waals surface area contributed by atoms with Gasteiger partial charge in [-0.05, 0) is 35.9 Å². The van der Waals surface area contributed by atoms with Crippen LogP contribution in [0, 0.1) is 0 Å². The molecule has 1 aromatic heterocycles. The topological polar surface area (TPSA) is 111 Å². The average Bonchev–Trinajstić information content (AvgIpc) is 3.02. The van der Waals surface area contributed by atoms with Gasteiger partial charge in [0, 0.05) is 28.7 Å². The molecule has 0 atom stereocenters. The predicted octanol–water partition coefficient (Wildman–Crippen LogP) is 3.68. The number of hydrazine groups is 1. The van der Waals surface area contributed by atoms with Gasteiger partial charge in [-0.15, -0.1) is 13.2 Å². The Morgan fingerprint density at radius 3 is 2.64 bits per heavy atom. The van der Waals surface area contributed by atoms with E-state index in [4.69, 9.17) is 27.7 Å². The van der Waals surface area contributed by atoms with Gasteiger partial charge in [0.1, 0.15) is 11.3 Å². The summed E-state index contributed by atoms with van der Waals surface area (Å²) in [6, 6.07) is 10.9. The molecule has 148 valence electrons. The molecule has 0 unspecified atom stereocenters. The summed E-state index contributed by atoms with van der Waals surface area (Å²) >= 11 is 5.86. The molecule has 3 aromatic rings. The first-order valence-electron chi connectivity index (χ1n) is 7.85. The van der Waals surface area contributed by atoms with Crippen molar-refractivity contribution in [2.24, 2.45) is 16.8 Å². The quantitative estimate of drug-likeness (QED) is 0.220. The van der Waals surface area contributed by atoms with Crippen LogP contribution in [0.5, 0.6) is 5.75 Å². The van der Waals surface area contributed by atoms with Crippen molar-refractivity contribution < 1.29 is 22.3 Å². The number of anilines is 1. The molecule has 0 amide bonds. The van der Waals surface area contributed by atoms with E-state index in [2.05, 4.69) is 20.6 Å². The van der Waals surface area contributed by atoms with Gasteiger partial charge in [0.05, 0.1) is 0 Å². The number of nitrogens with zero attached hydrogens (tertiary/aromatic N) is 1. The van der Waals surface area contributed by atoms with Crippen LogP contribution in [0.15, 0.2) is 52.0 Å². The molecule has 11 heteroatoms. The second-order valence-corrected chi connectivity index (χ2v) is 6.12. The molecule has 0 aliphatic rings. The van der Waals surface area contributed by atoms with Gasteiger partial charge in [0.25, 0.3) is 0 Å². The number of amidine groups is 1. The van der Waals surface area contributed by atoms with Crippen LogP contribution < -0.4 is 27.2 Å². The van der Waals surface area contributed by atoms with Gasteiger partial charge in [0.15, 0.2) is 5.76 Å². The second-order valence-electron chi connectivity index (χ2n) is 5.68. The van der Waals surface area contributed by atoms with Crippen molar-refractivity contribution in [1.29, 1.82) is 0 Å². The van der Waals surface area contributed by atoms with E-state index in [1.165, 1.54) is 12.1 Å². The maximum Gasteiger partial charge on any atom is 0.573 e. The Labute approximate surface area is 162 Å². The van der Waals surface area contributed by atoms with E-state index < -0.39 is 12.1 Å². The second kappa shape index (κ2) is 7.87. The lowest BCUT2D eigenvalue weighted by atomic mass is 10.1. The summed E-state index contributed by atoms with van der Waals surface area (Å²) in [5.41, 5.74) is 4.16. The zero-order chi connectivity index (χ0) is 20.3. The predicted molar refractivity (Wildman–Crippen MR) is 99.7 cm³/mol. The van der Waals surface area contributed by atoms with Crippen molar-refractivity contribution in [1.82, 2.24) is 5.43 Å². The summed E-state index contributed by atoms with van der Waals surface area (Å²) in [5, 5.41) is 7.38. The Morgan fingerprint density at radius 1 is 1.18 bits per heavy atom. The Hall–Kier alpha value is -3.11. The van der Waals surface area contributed by atoms with Crippen LogP contribution in [0.1, 0.15) is 11.3 Å². The van der Waals surface area contributed by atoms with Crippen LogP contribution in [0.2, 0.25) is 5.02 Å². The number of hydrogen-bond acceptors (Lipinski definition) is 6. The van der Waals surface area contributed by atoms with E-state index in [0.29, 0.717) is 23.6 Å². The smallest absolute Gasteiger partial charge is 0.453 e. The molecule has 0 radical (unpaired) electrons. The highest BCUT2D eigenvalue weighted by Gasteiger charge is 2.31. The van der Waals surface area contributed by atoms with Gasteiger partial charge in [-0.25, -0.2) is 5.84 Å². The molecule has 28 heavy (non-hydrogen) atoms. The lowest BCUT2D eigenvalue weighted by molar-refractivity contribution is -0.274. The number of hydrogen-bond donors (Lipinski definition) is 4. The molecule has 0 saturated carbocycles. The Morgan fingerprint density at radius 2 is 1.96 bits per heavy atom. The number of fused-ring (bicyclic) bond motifs is 1. The molecule has 0 bridgehead atoms. The highest BCUT2D eigenvalue weighted by molar-refractivity contribution is 6.31. The third-order valence-electron chi connectivity index (χ3n) is 3.68. The maximum absolute atomic E-state index is 12.4. The van der Waals surface area contributed by atoms with E-state index in [1.807, 2.05) is 6.07 Å². The van der Waals surface area contributed by atoms with Crippen molar-refractivity contribution in [2.75, 3.05) is 5.32 Å². The van der Waals surface area contributed by atoms with E-state index in [9.17, 15) is 13.2 Å². The number of nitrogens with two attached hydrogens (primary N) is 2. The number of hydrazone groups is 1. The van der Waals surface area contributed by atoms with Gasteiger partial charge >= 0.3 is 6.36 Å². The van der Waals surface area contributed by atoms with Crippen LogP contribution in [0.25, 0.3) is 11.0 Å². The summed E-state index contributed by atoms with van der Waals surface area (Å²) in [4.78, 5) is 0. The number of alkyl halides is 3. The Kier molecular flexibility index (Phi) is 5.52. The Balaban J connectivity index is 1.76. The molecular weight excluding hydrogens is 399 g/mol. The molecule has 1 heterocycles. The molecule has 3 rings (SSSR count).